The first-order valence-electron chi connectivity index (χ1n) is 5.57. The second-order valence-electron chi connectivity index (χ2n) is 4.11. The van der Waals surface area contributed by atoms with E-state index in [0.29, 0.717) is 17.8 Å². The molecule has 5 nitrogen and oxygen atoms in total. The second-order valence-corrected chi connectivity index (χ2v) is 5.05. The molecule has 0 atom stereocenters. The lowest BCUT2D eigenvalue weighted by Crippen LogP contribution is -2.04. The largest absolute Gasteiger partial charge is 0.373 e. The molecule has 1 aromatic heterocycles. The highest BCUT2D eigenvalue weighted by Crippen LogP contribution is 2.28. The quantitative estimate of drug-likeness (QED) is 0.688. The summed E-state index contributed by atoms with van der Waals surface area (Å²) in [7, 11) is 0. The summed E-state index contributed by atoms with van der Waals surface area (Å²) >= 11 is 1.47. The molecule has 7 heteroatoms. The molecule has 0 saturated carbocycles. The van der Waals surface area contributed by atoms with Crippen LogP contribution in [0.5, 0.6) is 0 Å². The predicted molar refractivity (Wildman–Crippen MR) is 72.0 cm³/mol. The van der Waals surface area contributed by atoms with Gasteiger partial charge in [0.2, 0.25) is 0 Å². The monoisotopic (exact) mass is 281 g/mol. The Hall–Kier alpha value is -2.02. The van der Waals surface area contributed by atoms with Crippen molar-refractivity contribution in [1.82, 2.24) is 4.98 Å². The van der Waals surface area contributed by atoms with Crippen LogP contribution in [0.2, 0.25) is 0 Å². The molecule has 0 radical (unpaired) electrons. The van der Waals surface area contributed by atoms with E-state index in [0.717, 1.165) is 16.8 Å². The van der Waals surface area contributed by atoms with E-state index in [1.165, 1.54) is 17.4 Å². The lowest BCUT2D eigenvalue weighted by Gasteiger charge is -2.07. The van der Waals surface area contributed by atoms with E-state index in [-0.39, 0.29) is 5.69 Å². The Bertz CT molecular complexity index is 627. The molecule has 100 valence electrons. The maximum atomic E-state index is 13.3. The Morgan fingerprint density at radius 2 is 2.21 bits per heavy atom. The zero-order valence-corrected chi connectivity index (χ0v) is 11.3. The number of halogens is 1. The summed E-state index contributed by atoms with van der Waals surface area (Å²) in [6.07, 6.45) is 0. The van der Waals surface area contributed by atoms with Gasteiger partial charge in [-0.3, -0.25) is 10.1 Å². The van der Waals surface area contributed by atoms with E-state index >= 15 is 0 Å². The van der Waals surface area contributed by atoms with E-state index in [1.807, 2.05) is 12.3 Å². The van der Waals surface area contributed by atoms with Gasteiger partial charge >= 0.3 is 0 Å². The molecular weight excluding hydrogens is 269 g/mol. The van der Waals surface area contributed by atoms with Crippen LogP contribution in [-0.4, -0.2) is 9.91 Å². The van der Waals surface area contributed by atoms with Gasteiger partial charge in [-0.25, -0.2) is 9.37 Å². The lowest BCUT2D eigenvalue weighted by atomic mass is 10.2. The van der Waals surface area contributed by atoms with Gasteiger partial charge < -0.3 is 5.32 Å². The van der Waals surface area contributed by atoms with Gasteiger partial charge in [-0.2, -0.15) is 0 Å². The average molecular weight is 281 g/mol. The van der Waals surface area contributed by atoms with Crippen LogP contribution in [0.15, 0.2) is 17.5 Å². The van der Waals surface area contributed by atoms with Crippen LogP contribution in [0.25, 0.3) is 0 Å². The number of anilines is 1. The molecule has 1 heterocycles. The highest BCUT2D eigenvalue weighted by Gasteiger charge is 2.17. The van der Waals surface area contributed by atoms with E-state index in [4.69, 9.17) is 0 Å². The van der Waals surface area contributed by atoms with Crippen molar-refractivity contribution in [2.24, 2.45) is 0 Å². The molecule has 19 heavy (non-hydrogen) atoms. The smallest absolute Gasteiger partial charge is 0.295 e. The second kappa shape index (κ2) is 5.31. The summed E-state index contributed by atoms with van der Waals surface area (Å²) in [6.45, 7) is 3.83. The summed E-state index contributed by atoms with van der Waals surface area (Å²) in [4.78, 5) is 14.5. The van der Waals surface area contributed by atoms with Crippen LogP contribution < -0.4 is 5.32 Å². The molecule has 0 aliphatic rings. The van der Waals surface area contributed by atoms with Crippen LogP contribution in [0.3, 0.4) is 0 Å². The highest BCUT2D eigenvalue weighted by molar-refractivity contribution is 7.09. The molecule has 0 amide bonds. The van der Waals surface area contributed by atoms with Gasteiger partial charge in [-0.15, -0.1) is 11.3 Å². The van der Waals surface area contributed by atoms with E-state index < -0.39 is 10.7 Å². The fraction of sp³-hybridized carbons (Fsp3) is 0.250. The van der Waals surface area contributed by atoms with Gasteiger partial charge in [0, 0.05) is 11.1 Å². The number of benzene rings is 1. The van der Waals surface area contributed by atoms with E-state index in [1.54, 1.807) is 6.92 Å². The van der Waals surface area contributed by atoms with Gasteiger partial charge in [0.25, 0.3) is 5.69 Å². The molecule has 0 aliphatic heterocycles. The minimum absolute atomic E-state index is 0.267. The van der Waals surface area contributed by atoms with Gasteiger partial charge in [-0.05, 0) is 25.5 Å². The van der Waals surface area contributed by atoms with Crippen LogP contribution in [0, 0.1) is 29.8 Å². The minimum atomic E-state index is -0.599. The van der Waals surface area contributed by atoms with Gasteiger partial charge in [0.1, 0.15) is 16.5 Å². The van der Waals surface area contributed by atoms with Crippen molar-refractivity contribution in [1.29, 1.82) is 0 Å². The number of nitrogens with zero attached hydrogens (tertiary/aromatic N) is 2. The topological polar surface area (TPSA) is 68.1 Å². The number of nitro benzene ring substituents is 1. The summed E-state index contributed by atoms with van der Waals surface area (Å²) < 4.78 is 13.3. The first kappa shape index (κ1) is 13.4. The summed E-state index contributed by atoms with van der Waals surface area (Å²) in [5, 5.41) is 16.6. The number of hydrogen-bond donors (Lipinski definition) is 1. The number of nitrogens with one attached hydrogen (secondary N) is 1. The third-order valence-corrected chi connectivity index (χ3v) is 3.54. The maximum Gasteiger partial charge on any atom is 0.295 e. The Labute approximate surface area is 113 Å². The molecule has 2 rings (SSSR count). The van der Waals surface area contributed by atoms with Crippen molar-refractivity contribution in [3.63, 3.8) is 0 Å². The van der Waals surface area contributed by atoms with Crippen LogP contribution in [0.4, 0.5) is 15.8 Å². The predicted octanol–water partition coefficient (Wildman–Crippen LogP) is 3.42. The Balaban J connectivity index is 2.23. The van der Waals surface area contributed by atoms with Gasteiger partial charge in [0.15, 0.2) is 0 Å². The molecule has 0 aliphatic carbocycles. The third-order valence-electron chi connectivity index (χ3n) is 2.57. The molecule has 0 spiro atoms. The number of aryl methyl sites for hydroxylation is 2. The van der Waals surface area contributed by atoms with Crippen molar-refractivity contribution in [3.05, 3.63) is 49.7 Å². The SMILES string of the molecule is Cc1csc(CNc2cc(C)c(F)cc2[N+](=O)[O-])n1. The number of thiazole rings is 1. The van der Waals surface area contributed by atoms with Crippen molar-refractivity contribution in [2.45, 2.75) is 20.4 Å². The van der Waals surface area contributed by atoms with Gasteiger partial charge in [0.05, 0.1) is 17.5 Å². The van der Waals surface area contributed by atoms with Crippen LogP contribution in [0.1, 0.15) is 16.3 Å². The third kappa shape index (κ3) is 3.05. The number of nitro groups is 1. The molecular formula is C12H12FN3O2S. The minimum Gasteiger partial charge on any atom is -0.373 e. The van der Waals surface area contributed by atoms with Crippen LogP contribution >= 0.6 is 11.3 Å². The van der Waals surface area contributed by atoms with Crippen LogP contribution in [-0.2, 0) is 6.54 Å². The van der Waals surface area contributed by atoms with Crippen molar-refractivity contribution in [3.8, 4) is 0 Å². The molecule has 1 aromatic carbocycles. The van der Waals surface area contributed by atoms with E-state index in [2.05, 4.69) is 10.3 Å². The Kier molecular flexibility index (Phi) is 3.75. The van der Waals surface area contributed by atoms with Crippen molar-refractivity contribution < 1.29 is 9.31 Å². The standard InChI is InChI=1S/C12H12FN3O2S/c1-7-3-10(11(16(17)18)4-9(7)13)14-5-12-15-8(2)6-19-12/h3-4,6,14H,5H2,1-2H3. The van der Waals surface area contributed by atoms with Crippen molar-refractivity contribution >= 4 is 22.7 Å². The Morgan fingerprint density at radius 1 is 1.47 bits per heavy atom. The van der Waals surface area contributed by atoms with Gasteiger partial charge in [-0.1, -0.05) is 0 Å². The molecule has 0 unspecified atom stereocenters. The average Bonchev–Trinajstić information content (AvgIpc) is 2.76. The molecule has 0 bridgehead atoms. The first-order chi connectivity index (χ1) is 8.97. The zero-order valence-electron chi connectivity index (χ0n) is 10.4. The Morgan fingerprint density at radius 3 is 2.79 bits per heavy atom. The maximum absolute atomic E-state index is 13.3. The zero-order chi connectivity index (χ0) is 14.0. The number of rotatable bonds is 4. The molecule has 2 aromatic rings. The van der Waals surface area contributed by atoms with Crippen molar-refractivity contribution in [2.75, 3.05) is 5.32 Å². The molecule has 0 fully saturated rings. The first-order valence-corrected chi connectivity index (χ1v) is 6.44. The molecule has 1 N–H and O–H groups in total. The highest BCUT2D eigenvalue weighted by atomic mass is 32.1. The number of aromatic nitrogens is 1. The fourth-order valence-corrected chi connectivity index (χ4v) is 2.33. The normalized spacial score (nSPS) is 10.5. The fourth-order valence-electron chi connectivity index (χ4n) is 1.62. The summed E-state index contributed by atoms with van der Waals surface area (Å²) in [5.41, 5.74) is 1.31. The summed E-state index contributed by atoms with van der Waals surface area (Å²) in [5.74, 6) is -0.581. The summed E-state index contributed by atoms with van der Waals surface area (Å²) in [6, 6.07) is 2.37. The van der Waals surface area contributed by atoms with E-state index in [9.17, 15) is 14.5 Å². The molecule has 0 saturated heterocycles. The number of hydrogen-bond acceptors (Lipinski definition) is 5. The lowest BCUT2D eigenvalue weighted by molar-refractivity contribution is -0.384.